The van der Waals surface area contributed by atoms with Crippen LogP contribution in [0.2, 0.25) is 5.02 Å². The summed E-state index contributed by atoms with van der Waals surface area (Å²) in [6, 6.07) is 6.86. The van der Waals surface area contributed by atoms with E-state index in [9.17, 15) is 22.0 Å². The second-order valence-electron chi connectivity index (χ2n) is 5.71. The maximum Gasteiger partial charge on any atom is 0.260 e. The van der Waals surface area contributed by atoms with Gasteiger partial charge in [-0.1, -0.05) is 17.7 Å². The van der Waals surface area contributed by atoms with E-state index in [0.29, 0.717) is 0 Å². The molecule has 1 heterocycles. The number of benzene rings is 2. The Balaban J connectivity index is 1.90. The number of halogens is 3. The molecule has 1 N–H and O–H groups in total. The Labute approximate surface area is 159 Å². The highest BCUT2D eigenvalue weighted by molar-refractivity contribution is 7.89. The first kappa shape index (κ1) is 19.7. The van der Waals surface area contributed by atoms with Crippen molar-refractivity contribution in [2.24, 2.45) is 0 Å². The van der Waals surface area contributed by atoms with Crippen molar-refractivity contribution in [2.45, 2.75) is 4.90 Å². The first-order valence-corrected chi connectivity index (χ1v) is 9.75. The SMILES string of the molecule is O=C(Nc1ccc(F)c(S(=O)(=O)N2CCOCC2)c1)c1c(F)cccc1Cl. The van der Waals surface area contributed by atoms with Crippen LogP contribution in [0.5, 0.6) is 0 Å². The third kappa shape index (κ3) is 4.11. The van der Waals surface area contributed by atoms with Gasteiger partial charge in [-0.3, -0.25) is 4.79 Å². The number of hydrogen-bond donors (Lipinski definition) is 1. The number of nitrogens with zero attached hydrogens (tertiary/aromatic N) is 1. The predicted octanol–water partition coefficient (Wildman–Crippen LogP) is 2.89. The van der Waals surface area contributed by atoms with E-state index in [2.05, 4.69) is 5.32 Å². The second-order valence-corrected chi connectivity index (χ2v) is 8.03. The summed E-state index contributed by atoms with van der Waals surface area (Å²) in [6.07, 6.45) is 0. The standard InChI is InChI=1S/C17H15ClF2N2O4S/c18-12-2-1-3-14(20)16(12)17(23)21-11-4-5-13(19)15(10-11)27(24,25)22-6-8-26-9-7-22/h1-5,10H,6-9H2,(H,21,23). The minimum Gasteiger partial charge on any atom is -0.379 e. The number of hydrogen-bond acceptors (Lipinski definition) is 4. The minimum atomic E-state index is -4.11. The number of carbonyl (C=O) groups is 1. The Kier molecular flexibility index (Phi) is 5.75. The second kappa shape index (κ2) is 7.89. The van der Waals surface area contributed by atoms with Gasteiger partial charge in [0.1, 0.15) is 16.5 Å². The fraction of sp³-hybridized carbons (Fsp3) is 0.235. The zero-order valence-electron chi connectivity index (χ0n) is 13.9. The van der Waals surface area contributed by atoms with Crippen molar-refractivity contribution in [2.75, 3.05) is 31.6 Å². The third-order valence-electron chi connectivity index (χ3n) is 3.97. The third-order valence-corrected chi connectivity index (χ3v) is 6.20. The molecular weight excluding hydrogens is 402 g/mol. The van der Waals surface area contributed by atoms with Crippen molar-refractivity contribution in [3.05, 3.63) is 58.6 Å². The number of rotatable bonds is 4. The molecule has 6 nitrogen and oxygen atoms in total. The summed E-state index contributed by atoms with van der Waals surface area (Å²) in [7, 11) is -4.11. The van der Waals surface area contributed by atoms with Crippen LogP contribution in [0.1, 0.15) is 10.4 Å². The summed E-state index contributed by atoms with van der Waals surface area (Å²) in [4.78, 5) is 11.7. The van der Waals surface area contributed by atoms with Gasteiger partial charge in [0.05, 0.1) is 23.8 Å². The van der Waals surface area contributed by atoms with Crippen molar-refractivity contribution >= 4 is 33.2 Å². The van der Waals surface area contributed by atoms with Crippen LogP contribution in [0.4, 0.5) is 14.5 Å². The number of anilines is 1. The van der Waals surface area contributed by atoms with Gasteiger partial charge in [0, 0.05) is 18.8 Å². The van der Waals surface area contributed by atoms with Gasteiger partial charge in [0.15, 0.2) is 0 Å². The summed E-state index contributed by atoms with van der Waals surface area (Å²) in [5.74, 6) is -2.66. The number of sulfonamides is 1. The Morgan fingerprint density at radius 1 is 1.11 bits per heavy atom. The summed E-state index contributed by atoms with van der Waals surface area (Å²) < 4.78 is 59.6. The molecule has 0 unspecified atom stereocenters. The van der Waals surface area contributed by atoms with E-state index in [1.165, 1.54) is 18.2 Å². The van der Waals surface area contributed by atoms with Crippen molar-refractivity contribution in [1.29, 1.82) is 0 Å². The molecule has 0 spiro atoms. The Morgan fingerprint density at radius 3 is 2.48 bits per heavy atom. The number of nitrogens with one attached hydrogen (secondary N) is 1. The molecule has 1 aliphatic rings. The molecule has 0 bridgehead atoms. The molecule has 2 aromatic rings. The number of carbonyl (C=O) groups excluding carboxylic acids is 1. The summed E-state index contributed by atoms with van der Waals surface area (Å²) >= 11 is 5.85. The van der Waals surface area contributed by atoms with Crippen LogP contribution in [0.25, 0.3) is 0 Å². The van der Waals surface area contributed by atoms with Gasteiger partial charge < -0.3 is 10.1 Å². The van der Waals surface area contributed by atoms with Crippen LogP contribution in [0.15, 0.2) is 41.3 Å². The lowest BCUT2D eigenvalue weighted by Crippen LogP contribution is -2.40. The fourth-order valence-corrected chi connectivity index (χ4v) is 4.36. The quantitative estimate of drug-likeness (QED) is 0.831. The molecule has 27 heavy (non-hydrogen) atoms. The van der Waals surface area contributed by atoms with Gasteiger partial charge in [-0.2, -0.15) is 4.31 Å². The molecule has 1 saturated heterocycles. The first-order chi connectivity index (χ1) is 12.8. The molecule has 1 aliphatic heterocycles. The highest BCUT2D eigenvalue weighted by atomic mass is 35.5. The molecule has 0 saturated carbocycles. The number of morpholine rings is 1. The lowest BCUT2D eigenvalue weighted by Gasteiger charge is -2.26. The average Bonchev–Trinajstić information content (AvgIpc) is 2.64. The summed E-state index contributed by atoms with van der Waals surface area (Å²) in [5.41, 5.74) is -0.395. The van der Waals surface area contributed by atoms with Crippen molar-refractivity contribution < 1.29 is 26.7 Å². The summed E-state index contributed by atoms with van der Waals surface area (Å²) in [6.45, 7) is 0.624. The summed E-state index contributed by atoms with van der Waals surface area (Å²) in [5, 5.41) is 2.24. The van der Waals surface area contributed by atoms with Gasteiger partial charge >= 0.3 is 0 Å². The molecular formula is C17H15ClF2N2O4S. The van der Waals surface area contributed by atoms with E-state index < -0.39 is 32.5 Å². The van der Waals surface area contributed by atoms with Crippen LogP contribution < -0.4 is 5.32 Å². The number of amides is 1. The smallest absolute Gasteiger partial charge is 0.260 e. The Bertz CT molecular complexity index is 959. The molecule has 10 heteroatoms. The van der Waals surface area contributed by atoms with Crippen molar-refractivity contribution in [3.63, 3.8) is 0 Å². The molecule has 1 fully saturated rings. The van der Waals surface area contributed by atoms with Crippen LogP contribution in [-0.2, 0) is 14.8 Å². The molecule has 144 valence electrons. The normalized spacial score (nSPS) is 15.5. The zero-order valence-corrected chi connectivity index (χ0v) is 15.5. The predicted molar refractivity (Wildman–Crippen MR) is 95.3 cm³/mol. The largest absolute Gasteiger partial charge is 0.379 e. The maximum absolute atomic E-state index is 14.2. The highest BCUT2D eigenvalue weighted by Gasteiger charge is 2.29. The van der Waals surface area contributed by atoms with Crippen molar-refractivity contribution in [3.8, 4) is 0 Å². The van der Waals surface area contributed by atoms with Gasteiger partial charge in [0.2, 0.25) is 10.0 Å². The molecule has 3 rings (SSSR count). The van der Waals surface area contributed by atoms with Gasteiger partial charge in [-0.25, -0.2) is 17.2 Å². The van der Waals surface area contributed by atoms with E-state index in [0.717, 1.165) is 22.5 Å². The molecule has 1 amide bonds. The minimum absolute atomic E-state index is 0.00689. The molecule has 2 aromatic carbocycles. The molecule has 0 atom stereocenters. The maximum atomic E-state index is 14.2. The van der Waals surface area contributed by atoms with E-state index in [-0.39, 0.29) is 42.6 Å². The van der Waals surface area contributed by atoms with Gasteiger partial charge in [0.25, 0.3) is 5.91 Å². The van der Waals surface area contributed by atoms with E-state index >= 15 is 0 Å². The van der Waals surface area contributed by atoms with Crippen LogP contribution in [-0.4, -0.2) is 44.9 Å². The number of ether oxygens (including phenoxy) is 1. The lowest BCUT2D eigenvalue weighted by molar-refractivity contribution is 0.0729. The van der Waals surface area contributed by atoms with Crippen LogP contribution >= 0.6 is 11.6 Å². The molecule has 0 radical (unpaired) electrons. The van der Waals surface area contributed by atoms with E-state index in [1.54, 1.807) is 0 Å². The Morgan fingerprint density at radius 2 is 1.81 bits per heavy atom. The van der Waals surface area contributed by atoms with Crippen molar-refractivity contribution in [1.82, 2.24) is 4.31 Å². The Hall–Kier alpha value is -2.07. The van der Waals surface area contributed by atoms with E-state index in [4.69, 9.17) is 16.3 Å². The van der Waals surface area contributed by atoms with Crippen LogP contribution in [0.3, 0.4) is 0 Å². The highest BCUT2D eigenvalue weighted by Crippen LogP contribution is 2.25. The van der Waals surface area contributed by atoms with E-state index in [1.807, 2.05) is 0 Å². The molecule has 0 aliphatic carbocycles. The lowest BCUT2D eigenvalue weighted by atomic mass is 10.2. The van der Waals surface area contributed by atoms with Gasteiger partial charge in [-0.15, -0.1) is 0 Å². The molecule has 0 aromatic heterocycles. The van der Waals surface area contributed by atoms with Gasteiger partial charge in [-0.05, 0) is 30.3 Å². The topological polar surface area (TPSA) is 75.7 Å². The first-order valence-electron chi connectivity index (χ1n) is 7.93. The monoisotopic (exact) mass is 416 g/mol. The zero-order chi connectivity index (χ0) is 19.6. The fourth-order valence-electron chi connectivity index (χ4n) is 2.61. The van der Waals surface area contributed by atoms with Crippen LogP contribution in [0, 0.1) is 11.6 Å². The average molecular weight is 417 g/mol.